The summed E-state index contributed by atoms with van der Waals surface area (Å²) in [5, 5.41) is 11.7. The van der Waals surface area contributed by atoms with Crippen LogP contribution in [0, 0.1) is 22.0 Å². The van der Waals surface area contributed by atoms with Crippen molar-refractivity contribution in [3.05, 3.63) is 33.9 Å². The van der Waals surface area contributed by atoms with Gasteiger partial charge in [-0.1, -0.05) is 33.8 Å². The van der Waals surface area contributed by atoms with Gasteiger partial charge in [0.1, 0.15) is 5.69 Å². The molecule has 0 radical (unpaired) electrons. The van der Waals surface area contributed by atoms with Gasteiger partial charge in [-0.05, 0) is 37.3 Å². The molecule has 0 N–H and O–H groups in total. The molecule has 0 saturated carbocycles. The second-order valence-electron chi connectivity index (χ2n) is 7.77. The number of carbonyl (C=O) groups is 1. The fourth-order valence-electron chi connectivity index (χ4n) is 2.85. The Morgan fingerprint density at radius 3 is 2.04 bits per heavy atom. The Morgan fingerprint density at radius 1 is 1.19 bits per heavy atom. The minimum atomic E-state index is -0.945. The molecule has 0 aromatic heterocycles. The van der Waals surface area contributed by atoms with E-state index in [4.69, 9.17) is 4.74 Å². The topological polar surface area (TPSA) is 72.7 Å². The van der Waals surface area contributed by atoms with Gasteiger partial charge in [-0.2, -0.15) is 0 Å². The number of thiol groups is 2. The number of nitrogens with zero attached hydrogens (tertiary/aromatic N) is 2. The quantitative estimate of drug-likeness (QED) is 0.207. The molecule has 0 aliphatic heterocycles. The number of anilines is 1. The lowest BCUT2D eigenvalue weighted by Crippen LogP contribution is -2.33. The van der Waals surface area contributed by atoms with Crippen LogP contribution in [0.15, 0.2) is 18.2 Å². The summed E-state index contributed by atoms with van der Waals surface area (Å²) in [6.45, 7) is 13.2. The standard InChI is InChI=1S/C19H30N2O4.H2S2/c1-13(2)11-20(12-14(3)4)16-9-8-15(10-17(16)21(23)24)19(5,6)18(22)25-7;1-2/h8-10,13-14H,11-12H2,1-7H3;1-2H. The van der Waals surface area contributed by atoms with E-state index in [2.05, 4.69) is 55.9 Å². The first-order chi connectivity index (χ1) is 12.5. The Labute approximate surface area is 173 Å². The Bertz CT molecular complexity index is 624. The van der Waals surface area contributed by atoms with Gasteiger partial charge in [-0.3, -0.25) is 14.9 Å². The molecule has 0 atom stereocenters. The molecule has 0 aliphatic carbocycles. The van der Waals surface area contributed by atoms with Crippen LogP contribution < -0.4 is 4.90 Å². The monoisotopic (exact) mass is 416 g/mol. The lowest BCUT2D eigenvalue weighted by atomic mass is 9.84. The predicted octanol–water partition coefficient (Wildman–Crippen LogP) is 4.92. The molecule has 0 fully saturated rings. The number of carbonyl (C=O) groups excluding carboxylic acids is 1. The molecule has 0 bridgehead atoms. The highest BCUT2D eigenvalue weighted by Gasteiger charge is 2.33. The molecule has 0 amide bonds. The van der Waals surface area contributed by atoms with Gasteiger partial charge in [0.15, 0.2) is 0 Å². The van der Waals surface area contributed by atoms with Crippen molar-refractivity contribution >= 4 is 40.7 Å². The van der Waals surface area contributed by atoms with Crippen LogP contribution in [-0.2, 0) is 14.9 Å². The molecular formula is C19H32N2O4S2. The summed E-state index contributed by atoms with van der Waals surface area (Å²) >= 11 is 6.44. The van der Waals surface area contributed by atoms with Gasteiger partial charge in [-0.15, -0.1) is 23.3 Å². The Morgan fingerprint density at radius 2 is 1.67 bits per heavy atom. The summed E-state index contributed by atoms with van der Waals surface area (Å²) < 4.78 is 4.83. The van der Waals surface area contributed by atoms with Gasteiger partial charge in [-0.25, -0.2) is 0 Å². The van der Waals surface area contributed by atoms with Crippen molar-refractivity contribution in [2.75, 3.05) is 25.1 Å². The molecule has 8 heteroatoms. The van der Waals surface area contributed by atoms with Crippen molar-refractivity contribution in [1.29, 1.82) is 0 Å². The summed E-state index contributed by atoms with van der Waals surface area (Å²) in [7, 11) is 1.32. The van der Waals surface area contributed by atoms with E-state index in [1.807, 2.05) is 0 Å². The molecule has 0 spiro atoms. The highest BCUT2D eigenvalue weighted by molar-refractivity contribution is 8.59. The van der Waals surface area contributed by atoms with Crippen LogP contribution in [0.1, 0.15) is 47.1 Å². The minimum absolute atomic E-state index is 0.0239. The van der Waals surface area contributed by atoms with E-state index in [1.54, 1.807) is 26.0 Å². The van der Waals surface area contributed by atoms with Gasteiger partial charge < -0.3 is 9.64 Å². The summed E-state index contributed by atoms with van der Waals surface area (Å²) in [5.74, 6) is 0.338. The molecule has 1 rings (SSSR count). The van der Waals surface area contributed by atoms with Gasteiger partial charge in [0.25, 0.3) is 5.69 Å². The lowest BCUT2D eigenvalue weighted by molar-refractivity contribution is -0.384. The summed E-state index contributed by atoms with van der Waals surface area (Å²) in [4.78, 5) is 25.4. The molecule has 0 saturated heterocycles. The second-order valence-corrected chi connectivity index (χ2v) is 7.77. The maximum Gasteiger partial charge on any atom is 0.315 e. The van der Waals surface area contributed by atoms with E-state index in [1.165, 1.54) is 13.2 Å². The third-order valence-corrected chi connectivity index (χ3v) is 4.10. The van der Waals surface area contributed by atoms with E-state index < -0.39 is 11.4 Å². The van der Waals surface area contributed by atoms with Crippen molar-refractivity contribution in [2.24, 2.45) is 11.8 Å². The normalized spacial score (nSPS) is 11.1. The van der Waals surface area contributed by atoms with Gasteiger partial charge in [0.05, 0.1) is 17.4 Å². The van der Waals surface area contributed by atoms with E-state index in [0.29, 0.717) is 23.1 Å². The largest absolute Gasteiger partial charge is 0.468 e. The number of hydrogen-bond acceptors (Lipinski definition) is 7. The molecule has 1 aromatic carbocycles. The first kappa shape index (κ1) is 25.6. The zero-order valence-corrected chi connectivity index (χ0v) is 19.0. The number of methoxy groups -OCH3 is 1. The van der Waals surface area contributed by atoms with E-state index in [-0.39, 0.29) is 10.6 Å². The first-order valence-electron chi connectivity index (χ1n) is 8.83. The van der Waals surface area contributed by atoms with Gasteiger partial charge in [0, 0.05) is 19.2 Å². The van der Waals surface area contributed by atoms with E-state index >= 15 is 0 Å². The first-order valence-corrected chi connectivity index (χ1v) is 10.4. The number of benzene rings is 1. The highest BCUT2D eigenvalue weighted by atomic mass is 33.1. The Balaban J connectivity index is 0.00000326. The second kappa shape index (κ2) is 11.4. The molecule has 154 valence electrons. The molecule has 0 unspecified atom stereocenters. The van der Waals surface area contributed by atoms with Crippen LogP contribution in [0.25, 0.3) is 0 Å². The smallest absolute Gasteiger partial charge is 0.315 e. The fraction of sp³-hybridized carbons (Fsp3) is 0.632. The molecule has 27 heavy (non-hydrogen) atoms. The molecular weight excluding hydrogens is 384 g/mol. The van der Waals surface area contributed by atoms with Crippen LogP contribution >= 0.6 is 23.3 Å². The number of nitro groups is 1. The predicted molar refractivity (Wildman–Crippen MR) is 118 cm³/mol. The SMILES string of the molecule is COC(=O)C(C)(C)c1ccc(N(CC(C)C)CC(C)C)c([N+](=O)[O-])c1.SS. The van der Waals surface area contributed by atoms with Crippen LogP contribution in [0.3, 0.4) is 0 Å². The summed E-state index contributed by atoms with van der Waals surface area (Å²) in [6.07, 6.45) is 0. The molecule has 0 aliphatic rings. The number of esters is 1. The van der Waals surface area contributed by atoms with Crippen LogP contribution in [0.5, 0.6) is 0 Å². The lowest BCUT2D eigenvalue weighted by Gasteiger charge is -2.29. The molecule has 1 aromatic rings. The molecule has 6 nitrogen and oxygen atoms in total. The van der Waals surface area contributed by atoms with Crippen LogP contribution in [0.2, 0.25) is 0 Å². The van der Waals surface area contributed by atoms with Gasteiger partial charge >= 0.3 is 5.97 Å². The molecule has 0 heterocycles. The van der Waals surface area contributed by atoms with Crippen LogP contribution in [-0.4, -0.2) is 31.1 Å². The van der Waals surface area contributed by atoms with E-state index in [0.717, 1.165) is 13.1 Å². The van der Waals surface area contributed by atoms with E-state index in [9.17, 15) is 14.9 Å². The zero-order valence-electron chi connectivity index (χ0n) is 17.2. The van der Waals surface area contributed by atoms with Crippen molar-refractivity contribution in [3.8, 4) is 0 Å². The Kier molecular flexibility index (Phi) is 10.8. The Hall–Kier alpha value is -1.41. The van der Waals surface area contributed by atoms with Crippen molar-refractivity contribution < 1.29 is 14.5 Å². The summed E-state index contributed by atoms with van der Waals surface area (Å²) in [5.41, 5.74) is 0.246. The number of ether oxygens (including phenoxy) is 1. The third-order valence-electron chi connectivity index (χ3n) is 4.10. The van der Waals surface area contributed by atoms with Crippen molar-refractivity contribution in [2.45, 2.75) is 47.0 Å². The van der Waals surface area contributed by atoms with Crippen molar-refractivity contribution in [1.82, 2.24) is 0 Å². The van der Waals surface area contributed by atoms with Gasteiger partial charge in [0.2, 0.25) is 0 Å². The zero-order chi connectivity index (χ0) is 21.4. The van der Waals surface area contributed by atoms with Crippen molar-refractivity contribution in [3.63, 3.8) is 0 Å². The number of nitro benzene ring substituents is 1. The highest BCUT2D eigenvalue weighted by Crippen LogP contribution is 2.35. The third kappa shape index (κ3) is 7.25. The van der Waals surface area contributed by atoms with Crippen LogP contribution in [0.4, 0.5) is 11.4 Å². The fourth-order valence-corrected chi connectivity index (χ4v) is 2.85. The number of hydrogen-bond donors (Lipinski definition) is 2. The average Bonchev–Trinajstić information content (AvgIpc) is 2.60. The maximum atomic E-state index is 12.0. The maximum absolute atomic E-state index is 12.0. The minimum Gasteiger partial charge on any atom is -0.468 e. The summed E-state index contributed by atoms with van der Waals surface area (Å²) in [6, 6.07) is 5.04. The number of rotatable bonds is 8. The average molecular weight is 417 g/mol.